The summed E-state index contributed by atoms with van der Waals surface area (Å²) in [5.74, 6) is 0.520. The summed E-state index contributed by atoms with van der Waals surface area (Å²) < 4.78 is 31.6. The lowest BCUT2D eigenvalue weighted by molar-refractivity contribution is 0.0686. The van der Waals surface area contributed by atoms with Crippen molar-refractivity contribution in [1.29, 1.82) is 0 Å². The van der Waals surface area contributed by atoms with Gasteiger partial charge in [-0.2, -0.15) is 0 Å². The summed E-state index contributed by atoms with van der Waals surface area (Å²) >= 11 is 0. The molecule has 1 aliphatic carbocycles. The van der Waals surface area contributed by atoms with Gasteiger partial charge in [0, 0.05) is 54.9 Å². The summed E-state index contributed by atoms with van der Waals surface area (Å²) in [7, 11) is 3.88. The molecular formula is C64H54FN9O9. The van der Waals surface area contributed by atoms with Crippen molar-refractivity contribution in [2.75, 3.05) is 35.3 Å². The van der Waals surface area contributed by atoms with E-state index in [1.807, 2.05) is 93.5 Å². The number of anilines is 3. The Bertz CT molecular complexity index is 4470. The summed E-state index contributed by atoms with van der Waals surface area (Å²) in [5.41, 5.74) is 8.07. The number of carboxylic acids is 3. The van der Waals surface area contributed by atoms with Crippen LogP contribution in [-0.4, -0.2) is 102 Å². The maximum absolute atomic E-state index is 13.5. The molecule has 0 amide bonds. The molecule has 0 radical (unpaired) electrons. The van der Waals surface area contributed by atoms with Crippen LogP contribution >= 0.6 is 0 Å². The van der Waals surface area contributed by atoms with E-state index in [-0.39, 0.29) is 28.5 Å². The molecule has 3 N–H and O–H groups in total. The van der Waals surface area contributed by atoms with Crippen molar-refractivity contribution in [3.63, 3.8) is 0 Å². The van der Waals surface area contributed by atoms with E-state index in [0.717, 1.165) is 60.0 Å². The minimum Gasteiger partial charge on any atom is -0.478 e. The number of rotatable bonds is 11. The fourth-order valence-corrected chi connectivity index (χ4v) is 10.2. The van der Waals surface area contributed by atoms with Crippen molar-refractivity contribution >= 4 is 101 Å². The lowest BCUT2D eigenvalue weighted by Crippen LogP contribution is -2.28. The Morgan fingerprint density at radius 2 is 0.988 bits per heavy atom. The van der Waals surface area contributed by atoms with E-state index in [1.165, 1.54) is 24.3 Å². The van der Waals surface area contributed by atoms with E-state index in [0.29, 0.717) is 102 Å². The van der Waals surface area contributed by atoms with Gasteiger partial charge in [0.05, 0.1) is 49.8 Å². The molecule has 6 aromatic carbocycles. The fourth-order valence-electron chi connectivity index (χ4n) is 10.2. The third kappa shape index (κ3) is 10.7. The van der Waals surface area contributed by atoms with Crippen LogP contribution in [0, 0.1) is 5.82 Å². The lowest BCUT2D eigenvalue weighted by Gasteiger charge is -2.24. The van der Waals surface area contributed by atoms with Crippen LogP contribution in [0.5, 0.6) is 0 Å². The normalized spacial score (nSPS) is 14.1. The summed E-state index contributed by atoms with van der Waals surface area (Å²) in [6, 6.07) is 40.9. The summed E-state index contributed by atoms with van der Waals surface area (Å²) in [4.78, 5) is 68.8. The first kappa shape index (κ1) is 53.3. The topological polar surface area (TPSA) is 238 Å². The van der Waals surface area contributed by atoms with Gasteiger partial charge in [-0.1, -0.05) is 36.4 Å². The van der Waals surface area contributed by atoms with Gasteiger partial charge < -0.3 is 43.3 Å². The number of halogens is 1. The maximum Gasteiger partial charge on any atom is 0.335 e. The minimum absolute atomic E-state index is 0.120. The molecule has 0 bridgehead atoms. The van der Waals surface area contributed by atoms with E-state index < -0.39 is 17.9 Å². The molecule has 12 aromatic rings. The lowest BCUT2D eigenvalue weighted by atomic mass is 10.1. The van der Waals surface area contributed by atoms with Crippen molar-refractivity contribution in [2.24, 2.45) is 0 Å². The van der Waals surface area contributed by atoms with Crippen LogP contribution in [-0.2, 0) is 0 Å². The van der Waals surface area contributed by atoms with Crippen LogP contribution in [0.15, 0.2) is 153 Å². The second-order valence-corrected chi connectivity index (χ2v) is 21.0. The van der Waals surface area contributed by atoms with Crippen LogP contribution < -0.4 is 14.7 Å². The number of hydrogen-bond acceptors (Lipinski definition) is 15. The monoisotopic (exact) mass is 1110 g/mol. The first-order chi connectivity index (χ1) is 40.0. The van der Waals surface area contributed by atoms with Crippen LogP contribution in [0.1, 0.15) is 77.5 Å². The molecule has 19 heteroatoms. The molecular weight excluding hydrogens is 1060 g/mol. The van der Waals surface area contributed by atoms with Crippen molar-refractivity contribution in [1.82, 2.24) is 29.9 Å². The summed E-state index contributed by atoms with van der Waals surface area (Å²) in [6.07, 6.45) is 4.42. The minimum atomic E-state index is -1.02. The molecule has 1 unspecified atom stereocenters. The molecule has 416 valence electrons. The molecule has 6 aromatic heterocycles. The average molecular weight is 1110 g/mol. The molecule has 7 heterocycles. The Labute approximate surface area is 473 Å². The Balaban J connectivity index is 0.000000123. The molecule has 1 saturated carbocycles. The zero-order valence-corrected chi connectivity index (χ0v) is 45.7. The summed E-state index contributed by atoms with van der Waals surface area (Å²) in [5, 5.41) is 30.5. The predicted molar refractivity (Wildman–Crippen MR) is 316 cm³/mol. The molecule has 1 aliphatic heterocycles. The largest absolute Gasteiger partial charge is 0.478 e. The first-order valence-electron chi connectivity index (χ1n) is 27.1. The number of para-hydroxylation sites is 2. The van der Waals surface area contributed by atoms with Crippen molar-refractivity contribution < 1.29 is 47.3 Å². The predicted octanol–water partition coefficient (Wildman–Crippen LogP) is 13.8. The number of nitrogens with zero attached hydrogens (tertiary/aromatic N) is 9. The highest BCUT2D eigenvalue weighted by Crippen LogP contribution is 2.40. The van der Waals surface area contributed by atoms with Gasteiger partial charge in [0.15, 0.2) is 34.7 Å². The van der Waals surface area contributed by atoms with Crippen molar-refractivity contribution in [3.8, 4) is 34.4 Å². The van der Waals surface area contributed by atoms with Gasteiger partial charge in [-0.25, -0.2) is 48.7 Å². The zero-order valence-electron chi connectivity index (χ0n) is 45.7. The van der Waals surface area contributed by atoms with Crippen LogP contribution in [0.4, 0.5) is 21.8 Å². The third-order valence-electron chi connectivity index (χ3n) is 15.1. The second-order valence-electron chi connectivity index (χ2n) is 21.0. The molecule has 1 atom stereocenters. The Hall–Kier alpha value is -10.3. The Kier molecular flexibility index (Phi) is 13.9. The number of fused-ring (bicyclic) bond motifs is 6. The quantitative estimate of drug-likeness (QED) is 0.109. The molecule has 1 saturated heterocycles. The van der Waals surface area contributed by atoms with Gasteiger partial charge in [-0.15, -0.1) is 0 Å². The molecule has 2 aliphatic rings. The zero-order chi connectivity index (χ0) is 57.8. The SMILES string of the molecule is CC(C)N(C)c1nc2cc(C(=O)O)ccc2nc1-c1cc2cc(F)ccc2o1.CC1CCCN1c1nc2cc(C(=O)O)ccc2nc1-c1cc2ccccc2o1.CN(c1nc2cc(C(=O)O)ccc2nc1-c1cc2ccccc2o1)C1CC1. The van der Waals surface area contributed by atoms with Gasteiger partial charge in [-0.3, -0.25) is 0 Å². The number of aromatic carboxylic acids is 3. The average Bonchev–Trinajstić information content (AvgIpc) is 4.01. The molecule has 18 nitrogen and oxygen atoms in total. The van der Waals surface area contributed by atoms with E-state index in [4.69, 9.17) is 33.2 Å². The highest BCUT2D eigenvalue weighted by Gasteiger charge is 2.31. The Morgan fingerprint density at radius 1 is 0.530 bits per heavy atom. The van der Waals surface area contributed by atoms with Gasteiger partial charge in [0.2, 0.25) is 0 Å². The highest BCUT2D eigenvalue weighted by atomic mass is 19.1. The molecule has 0 spiro atoms. The third-order valence-corrected chi connectivity index (χ3v) is 15.1. The van der Waals surface area contributed by atoms with E-state index in [2.05, 4.69) is 26.7 Å². The number of aromatic nitrogens is 6. The van der Waals surface area contributed by atoms with Gasteiger partial charge in [-0.05, 0) is 150 Å². The van der Waals surface area contributed by atoms with E-state index in [9.17, 15) is 34.1 Å². The number of carboxylic acid groups (broad SMARTS) is 3. The standard InChI is InChI=1S/C22H19N3O3.C21H18FN3O3.C21H17N3O3/c1-13-5-4-10-25(13)21-20(19-12-14-6-2-3-7-18(14)28-19)23-16-9-8-15(22(26)27)11-17(16)24-21;1-11(2)25(3)20-19(18-10-13-8-14(22)5-7-17(13)28-18)23-15-6-4-12(21(26)27)9-16(15)24-20;1-24(14-7-8-14)20-19(18-11-12-4-2-3-5-17(12)27-18)22-15-9-6-13(21(25)26)10-16(15)23-20/h2-3,6-9,11-13H,4-5,10H2,1H3,(H,26,27);4-11H,1-3H3,(H,26,27);2-6,9-11,14H,7-8H2,1H3,(H,25,26). The van der Waals surface area contributed by atoms with Gasteiger partial charge in [0.25, 0.3) is 0 Å². The van der Waals surface area contributed by atoms with E-state index >= 15 is 0 Å². The fraction of sp³-hybridized carbons (Fsp3) is 0.203. The highest BCUT2D eigenvalue weighted by molar-refractivity contribution is 5.97. The van der Waals surface area contributed by atoms with Gasteiger partial charge >= 0.3 is 17.9 Å². The molecule has 14 rings (SSSR count). The van der Waals surface area contributed by atoms with Gasteiger partial charge in [0.1, 0.15) is 39.6 Å². The van der Waals surface area contributed by atoms with E-state index in [1.54, 1.807) is 54.6 Å². The second kappa shape index (κ2) is 21.6. The molecule has 83 heavy (non-hydrogen) atoms. The smallest absolute Gasteiger partial charge is 0.335 e. The number of carbonyl (C=O) groups is 3. The van der Waals surface area contributed by atoms with Crippen molar-refractivity contribution in [3.05, 3.63) is 162 Å². The first-order valence-corrected chi connectivity index (χ1v) is 27.1. The van der Waals surface area contributed by atoms with Crippen molar-refractivity contribution in [2.45, 2.75) is 64.6 Å². The molecule has 2 fully saturated rings. The van der Waals surface area contributed by atoms with Crippen LogP contribution in [0.2, 0.25) is 0 Å². The summed E-state index contributed by atoms with van der Waals surface area (Å²) in [6.45, 7) is 7.09. The Morgan fingerprint density at radius 3 is 1.47 bits per heavy atom. The van der Waals surface area contributed by atoms with Crippen LogP contribution in [0.3, 0.4) is 0 Å². The number of hydrogen-bond donors (Lipinski definition) is 3. The number of benzene rings is 6. The number of furan rings is 3. The maximum atomic E-state index is 13.5. The van der Waals surface area contributed by atoms with Crippen LogP contribution in [0.25, 0.3) is 100 Å².